The van der Waals surface area contributed by atoms with Crippen LogP contribution in [0.2, 0.25) is 0 Å². The lowest BCUT2D eigenvalue weighted by atomic mass is 9.98. The van der Waals surface area contributed by atoms with Crippen molar-refractivity contribution in [2.24, 2.45) is 0 Å². The van der Waals surface area contributed by atoms with Gasteiger partial charge in [-0.15, -0.1) is 0 Å². The number of rotatable bonds is 12. The molecule has 3 unspecified atom stereocenters. The first-order valence-corrected chi connectivity index (χ1v) is 16.2. The third kappa shape index (κ3) is 11.9. The molecule has 2 aromatic rings. The van der Waals surface area contributed by atoms with E-state index in [0.717, 1.165) is 16.7 Å². The van der Waals surface area contributed by atoms with E-state index in [4.69, 9.17) is 9.47 Å². The van der Waals surface area contributed by atoms with E-state index in [1.54, 1.807) is 47.6 Å². The molecule has 0 spiro atoms. The number of carbonyl (C=O) groups excluding carboxylic acids is 4. The SMILES string of the molecule is CSCCC(NC(=O)OC(C)(C)C)C(=O)N(C)C(C(=O)NC(Cc1ccccc1)C(=O)OC(C)(C)C)c1ccc(C)c(C)c1. The number of hydrogen-bond acceptors (Lipinski definition) is 7. The number of carbonyl (C=O) groups is 4. The molecule has 0 aliphatic rings. The predicted octanol–water partition coefficient (Wildman–Crippen LogP) is 5.52. The number of likely N-dealkylation sites (N-methyl/N-ethyl adjacent to an activating group) is 1. The van der Waals surface area contributed by atoms with E-state index in [0.29, 0.717) is 17.7 Å². The van der Waals surface area contributed by atoms with Crippen molar-refractivity contribution in [3.63, 3.8) is 0 Å². The highest BCUT2D eigenvalue weighted by molar-refractivity contribution is 7.98. The zero-order chi connectivity index (χ0) is 33.2. The molecule has 3 atom stereocenters. The van der Waals surface area contributed by atoms with Crippen LogP contribution in [0.1, 0.15) is 76.3 Å². The van der Waals surface area contributed by atoms with Crippen LogP contribution < -0.4 is 10.6 Å². The van der Waals surface area contributed by atoms with Gasteiger partial charge in [0.15, 0.2) is 0 Å². The Balaban J connectivity index is 2.49. The minimum Gasteiger partial charge on any atom is -0.458 e. The normalized spacial score (nSPS) is 13.7. The van der Waals surface area contributed by atoms with Gasteiger partial charge in [0.1, 0.15) is 29.3 Å². The molecule has 2 aromatic carbocycles. The maximum absolute atomic E-state index is 14.2. The Morgan fingerprint density at radius 1 is 0.841 bits per heavy atom. The molecular formula is C34H49N3O6S. The number of aryl methyl sites for hydroxylation is 2. The molecule has 3 amide bonds. The van der Waals surface area contributed by atoms with E-state index >= 15 is 0 Å². The lowest BCUT2D eigenvalue weighted by molar-refractivity contribution is -0.159. The Hall–Kier alpha value is -3.53. The predicted molar refractivity (Wildman–Crippen MR) is 176 cm³/mol. The molecule has 0 aliphatic heterocycles. The number of esters is 1. The van der Waals surface area contributed by atoms with Gasteiger partial charge in [0.05, 0.1) is 0 Å². The van der Waals surface area contributed by atoms with E-state index in [-0.39, 0.29) is 6.42 Å². The molecule has 0 aliphatic carbocycles. The number of nitrogens with zero attached hydrogens (tertiary/aromatic N) is 1. The van der Waals surface area contributed by atoms with Gasteiger partial charge in [0, 0.05) is 13.5 Å². The first kappa shape index (κ1) is 36.7. The van der Waals surface area contributed by atoms with Gasteiger partial charge in [-0.3, -0.25) is 9.59 Å². The third-order valence-electron chi connectivity index (χ3n) is 6.72. The first-order chi connectivity index (χ1) is 20.4. The van der Waals surface area contributed by atoms with Crippen LogP contribution in [-0.4, -0.2) is 71.1 Å². The smallest absolute Gasteiger partial charge is 0.408 e. The van der Waals surface area contributed by atoms with Crippen LogP contribution in [0.3, 0.4) is 0 Å². The molecule has 2 N–H and O–H groups in total. The average Bonchev–Trinajstić information content (AvgIpc) is 2.91. The summed E-state index contributed by atoms with van der Waals surface area (Å²) in [6.07, 6.45) is 1.73. The highest BCUT2D eigenvalue weighted by Crippen LogP contribution is 2.25. The van der Waals surface area contributed by atoms with Crippen molar-refractivity contribution in [1.82, 2.24) is 15.5 Å². The van der Waals surface area contributed by atoms with E-state index < -0.39 is 53.2 Å². The van der Waals surface area contributed by atoms with E-state index in [9.17, 15) is 19.2 Å². The molecule has 0 aromatic heterocycles. The average molecular weight is 628 g/mol. The molecule has 2 rings (SSSR count). The van der Waals surface area contributed by atoms with Crippen molar-refractivity contribution in [2.75, 3.05) is 19.1 Å². The van der Waals surface area contributed by atoms with Crippen LogP contribution in [0.25, 0.3) is 0 Å². The van der Waals surface area contributed by atoms with Gasteiger partial charge >= 0.3 is 12.1 Å². The summed E-state index contributed by atoms with van der Waals surface area (Å²) in [7, 11) is 1.53. The molecule has 0 saturated heterocycles. The molecular weight excluding hydrogens is 578 g/mol. The Bertz CT molecular complexity index is 1290. The van der Waals surface area contributed by atoms with Gasteiger partial charge in [-0.2, -0.15) is 11.8 Å². The Kier molecular flexibility index (Phi) is 13.3. The number of amides is 3. The molecule has 0 heterocycles. The summed E-state index contributed by atoms with van der Waals surface area (Å²) in [5.74, 6) is -0.984. The number of alkyl carbamates (subject to hydrolysis) is 1. The van der Waals surface area contributed by atoms with Crippen molar-refractivity contribution >= 4 is 35.6 Å². The summed E-state index contributed by atoms with van der Waals surface area (Å²) in [5.41, 5.74) is 1.87. The quantitative estimate of drug-likeness (QED) is 0.298. The summed E-state index contributed by atoms with van der Waals surface area (Å²) in [6.45, 7) is 14.4. The summed E-state index contributed by atoms with van der Waals surface area (Å²) in [4.78, 5) is 55.5. The van der Waals surface area contributed by atoms with Crippen LogP contribution in [0.15, 0.2) is 48.5 Å². The molecule has 0 fully saturated rings. The van der Waals surface area contributed by atoms with E-state index in [2.05, 4.69) is 10.6 Å². The summed E-state index contributed by atoms with van der Waals surface area (Å²) in [5, 5.41) is 5.59. The van der Waals surface area contributed by atoms with Gasteiger partial charge in [-0.1, -0.05) is 48.5 Å². The maximum Gasteiger partial charge on any atom is 0.408 e. The number of thioether (sulfide) groups is 1. The Morgan fingerprint density at radius 3 is 2.00 bits per heavy atom. The van der Waals surface area contributed by atoms with Crippen LogP contribution in [0.4, 0.5) is 4.79 Å². The lowest BCUT2D eigenvalue weighted by Crippen LogP contribution is -2.54. The fourth-order valence-corrected chi connectivity index (χ4v) is 4.94. The summed E-state index contributed by atoms with van der Waals surface area (Å²) >= 11 is 1.54. The second kappa shape index (κ2) is 16.0. The highest BCUT2D eigenvalue weighted by Gasteiger charge is 2.36. The zero-order valence-corrected chi connectivity index (χ0v) is 28.6. The minimum atomic E-state index is -1.10. The van der Waals surface area contributed by atoms with E-state index in [1.807, 2.05) is 62.6 Å². The van der Waals surface area contributed by atoms with Crippen LogP contribution in [-0.2, 0) is 30.3 Å². The van der Waals surface area contributed by atoms with E-state index in [1.165, 1.54) is 23.7 Å². The van der Waals surface area contributed by atoms with Crippen LogP contribution in [0, 0.1) is 13.8 Å². The van der Waals surface area contributed by atoms with Crippen molar-refractivity contribution in [2.45, 2.75) is 97.6 Å². The van der Waals surface area contributed by atoms with Crippen LogP contribution in [0.5, 0.6) is 0 Å². The van der Waals surface area contributed by atoms with Crippen molar-refractivity contribution < 1.29 is 28.7 Å². The number of ether oxygens (including phenoxy) is 2. The molecule has 10 heteroatoms. The molecule has 9 nitrogen and oxygen atoms in total. The fraction of sp³-hybridized carbons (Fsp3) is 0.529. The monoisotopic (exact) mass is 627 g/mol. The van der Waals surface area contributed by atoms with Crippen LogP contribution >= 0.6 is 11.8 Å². The molecule has 44 heavy (non-hydrogen) atoms. The summed E-state index contributed by atoms with van der Waals surface area (Å²) < 4.78 is 11.1. The maximum atomic E-state index is 14.2. The summed E-state index contributed by atoms with van der Waals surface area (Å²) in [6, 6.07) is 11.9. The second-order valence-electron chi connectivity index (χ2n) is 13.0. The standard InChI is InChI=1S/C34H49N3O6S/c1-22-16-17-25(20-23(22)2)28(37(9)30(39)26(18-19-44-10)36-32(41)43-34(6,7)8)29(38)35-27(31(40)42-33(3,4)5)21-24-14-12-11-13-15-24/h11-17,20,26-28H,18-19,21H2,1-10H3,(H,35,38)(H,36,41). The largest absolute Gasteiger partial charge is 0.458 e. The first-order valence-electron chi connectivity index (χ1n) is 14.8. The number of hydrogen-bond donors (Lipinski definition) is 2. The fourth-order valence-electron chi connectivity index (χ4n) is 4.47. The third-order valence-corrected chi connectivity index (χ3v) is 7.36. The lowest BCUT2D eigenvalue weighted by Gasteiger charge is -2.33. The molecule has 0 bridgehead atoms. The van der Waals surface area contributed by atoms with Crippen molar-refractivity contribution in [3.8, 4) is 0 Å². The van der Waals surface area contributed by atoms with Gasteiger partial charge in [0.25, 0.3) is 0 Å². The molecule has 242 valence electrons. The Labute approximate surface area is 266 Å². The van der Waals surface area contributed by atoms with Gasteiger partial charge in [0.2, 0.25) is 11.8 Å². The molecule has 0 saturated carbocycles. The topological polar surface area (TPSA) is 114 Å². The van der Waals surface area contributed by atoms with Crippen molar-refractivity contribution in [1.29, 1.82) is 0 Å². The Morgan fingerprint density at radius 2 is 1.45 bits per heavy atom. The second-order valence-corrected chi connectivity index (χ2v) is 13.9. The number of benzene rings is 2. The van der Waals surface area contributed by atoms with Crippen molar-refractivity contribution in [3.05, 3.63) is 70.8 Å². The highest BCUT2D eigenvalue weighted by atomic mass is 32.2. The minimum absolute atomic E-state index is 0.204. The zero-order valence-electron chi connectivity index (χ0n) is 27.8. The molecule has 0 radical (unpaired) electrons. The number of nitrogens with one attached hydrogen (secondary N) is 2. The van der Waals surface area contributed by atoms with Gasteiger partial charge in [-0.25, -0.2) is 9.59 Å². The van der Waals surface area contributed by atoms with Gasteiger partial charge in [-0.05, 0) is 96.1 Å². The van der Waals surface area contributed by atoms with Gasteiger partial charge < -0.3 is 25.0 Å².